The van der Waals surface area contributed by atoms with Gasteiger partial charge in [-0.05, 0) is 55.0 Å². The summed E-state index contributed by atoms with van der Waals surface area (Å²) < 4.78 is 0. The molecular weight excluding hydrogens is 390 g/mol. The number of amides is 1. The van der Waals surface area contributed by atoms with Crippen LogP contribution < -0.4 is 4.90 Å². The van der Waals surface area contributed by atoms with Gasteiger partial charge in [0.15, 0.2) is 0 Å². The van der Waals surface area contributed by atoms with Gasteiger partial charge < -0.3 is 5.11 Å². The molecule has 1 saturated heterocycles. The maximum Gasteiger partial charge on any atom is 0.300 e. The van der Waals surface area contributed by atoms with Gasteiger partial charge in [0.1, 0.15) is 11.8 Å². The number of carbonyl (C=O) groups is 2. The Morgan fingerprint density at radius 3 is 2.48 bits per heavy atom. The third kappa shape index (κ3) is 3.28. The van der Waals surface area contributed by atoms with Crippen LogP contribution in [0.4, 0.5) is 5.69 Å². The Kier molecular flexibility index (Phi) is 4.86. The molecule has 3 aromatic rings. The van der Waals surface area contributed by atoms with Crippen LogP contribution in [0.15, 0.2) is 72.7 Å². The zero-order valence-electron chi connectivity index (χ0n) is 15.4. The molecule has 0 saturated carbocycles. The summed E-state index contributed by atoms with van der Waals surface area (Å²) in [6.07, 6.45) is 4.59. The van der Waals surface area contributed by atoms with E-state index in [0.29, 0.717) is 22.0 Å². The van der Waals surface area contributed by atoms with Gasteiger partial charge >= 0.3 is 0 Å². The smallest absolute Gasteiger partial charge is 0.300 e. The largest absolute Gasteiger partial charge is 0.507 e. The first-order valence-electron chi connectivity index (χ1n) is 8.87. The minimum absolute atomic E-state index is 0.0192. The fourth-order valence-electron chi connectivity index (χ4n) is 3.45. The monoisotopic (exact) mass is 405 g/mol. The summed E-state index contributed by atoms with van der Waals surface area (Å²) in [5.41, 5.74) is 2.10. The number of aliphatic hydroxyl groups is 1. The highest BCUT2D eigenvalue weighted by Gasteiger charge is 2.47. The molecule has 7 heteroatoms. The van der Waals surface area contributed by atoms with Crippen molar-refractivity contribution in [1.29, 1.82) is 0 Å². The Bertz CT molecular complexity index is 1130. The molecule has 0 radical (unpaired) electrons. The number of anilines is 1. The highest BCUT2D eigenvalue weighted by molar-refractivity contribution is 6.51. The lowest BCUT2D eigenvalue weighted by molar-refractivity contribution is -0.132. The predicted molar refractivity (Wildman–Crippen MR) is 109 cm³/mol. The summed E-state index contributed by atoms with van der Waals surface area (Å²) in [6, 6.07) is 12.6. The van der Waals surface area contributed by atoms with Crippen LogP contribution in [0.1, 0.15) is 22.9 Å². The number of halogens is 1. The van der Waals surface area contributed by atoms with Crippen LogP contribution >= 0.6 is 11.6 Å². The van der Waals surface area contributed by atoms with Crippen LogP contribution in [0.25, 0.3) is 5.76 Å². The van der Waals surface area contributed by atoms with Crippen molar-refractivity contribution in [2.75, 3.05) is 4.90 Å². The quantitative estimate of drug-likeness (QED) is 0.403. The van der Waals surface area contributed by atoms with E-state index in [9.17, 15) is 14.7 Å². The summed E-state index contributed by atoms with van der Waals surface area (Å²) in [6.45, 7) is 1.80. The molecule has 6 nitrogen and oxygen atoms in total. The summed E-state index contributed by atoms with van der Waals surface area (Å²) in [7, 11) is 0. The zero-order chi connectivity index (χ0) is 20.5. The van der Waals surface area contributed by atoms with Gasteiger partial charge in [-0.3, -0.25) is 24.5 Å². The van der Waals surface area contributed by atoms with Crippen molar-refractivity contribution in [3.63, 3.8) is 0 Å². The minimum atomic E-state index is -0.871. The second kappa shape index (κ2) is 7.48. The lowest BCUT2D eigenvalue weighted by atomic mass is 9.98. The lowest BCUT2D eigenvalue weighted by Crippen LogP contribution is -2.30. The van der Waals surface area contributed by atoms with E-state index in [1.165, 1.54) is 17.3 Å². The highest BCUT2D eigenvalue weighted by atomic mass is 35.5. The predicted octanol–water partition coefficient (Wildman–Crippen LogP) is 4.06. The molecule has 1 aliphatic heterocycles. The number of rotatable bonds is 3. The van der Waals surface area contributed by atoms with Gasteiger partial charge in [-0.25, -0.2) is 0 Å². The molecule has 2 aromatic heterocycles. The van der Waals surface area contributed by atoms with E-state index in [1.807, 2.05) is 0 Å². The van der Waals surface area contributed by atoms with Crippen molar-refractivity contribution in [3.8, 4) is 0 Å². The average molecular weight is 406 g/mol. The summed E-state index contributed by atoms with van der Waals surface area (Å²) in [4.78, 5) is 35.7. The maximum atomic E-state index is 13.0. The molecule has 1 atom stereocenters. The second-order valence-electron chi connectivity index (χ2n) is 6.59. The number of hydrogen-bond donors (Lipinski definition) is 1. The second-order valence-corrected chi connectivity index (χ2v) is 7.03. The van der Waals surface area contributed by atoms with E-state index in [0.717, 1.165) is 5.56 Å². The molecule has 0 spiro atoms. The van der Waals surface area contributed by atoms with Gasteiger partial charge in [-0.15, -0.1) is 0 Å². The van der Waals surface area contributed by atoms with Crippen molar-refractivity contribution in [1.82, 2.24) is 9.97 Å². The topological polar surface area (TPSA) is 83.4 Å². The number of ketones is 1. The van der Waals surface area contributed by atoms with Gasteiger partial charge in [-0.1, -0.05) is 17.7 Å². The zero-order valence-corrected chi connectivity index (χ0v) is 16.2. The van der Waals surface area contributed by atoms with Crippen molar-refractivity contribution in [3.05, 3.63) is 94.5 Å². The standard InChI is InChI=1S/C22H16ClN3O3/c1-13-12-15(23)5-6-17(13)26-19(16-4-2-3-9-25-16)18(21(28)22(26)29)20(27)14-7-10-24-11-8-14/h2-12,19,27H,1H3/b20-18+. The van der Waals surface area contributed by atoms with E-state index in [2.05, 4.69) is 9.97 Å². The number of pyridine rings is 2. The van der Waals surface area contributed by atoms with Crippen LogP contribution in [0, 0.1) is 6.92 Å². The number of aryl methyl sites for hydroxylation is 1. The summed E-state index contributed by atoms with van der Waals surface area (Å²) >= 11 is 6.06. The molecule has 144 valence electrons. The van der Waals surface area contributed by atoms with Gasteiger partial charge in [0, 0.05) is 34.9 Å². The molecule has 1 fully saturated rings. The fourth-order valence-corrected chi connectivity index (χ4v) is 3.68. The van der Waals surface area contributed by atoms with E-state index in [1.54, 1.807) is 61.7 Å². The number of hydrogen-bond acceptors (Lipinski definition) is 5. The molecule has 1 amide bonds. The average Bonchev–Trinajstić information content (AvgIpc) is 3.00. The van der Waals surface area contributed by atoms with Crippen LogP contribution in [-0.2, 0) is 9.59 Å². The Hall–Kier alpha value is -3.51. The van der Waals surface area contributed by atoms with Crippen LogP contribution in [0.2, 0.25) is 5.02 Å². The van der Waals surface area contributed by atoms with Crippen LogP contribution in [-0.4, -0.2) is 26.8 Å². The molecule has 1 aliphatic rings. The van der Waals surface area contributed by atoms with E-state index in [4.69, 9.17) is 11.6 Å². The fraction of sp³-hybridized carbons (Fsp3) is 0.0909. The van der Waals surface area contributed by atoms with Crippen molar-refractivity contribution in [2.45, 2.75) is 13.0 Å². The lowest BCUT2D eigenvalue weighted by Gasteiger charge is -2.26. The number of benzene rings is 1. The van der Waals surface area contributed by atoms with Crippen molar-refractivity contribution in [2.24, 2.45) is 0 Å². The Morgan fingerprint density at radius 1 is 1.07 bits per heavy atom. The number of aliphatic hydroxyl groups excluding tert-OH is 1. The SMILES string of the molecule is Cc1cc(Cl)ccc1N1C(=O)C(=O)/C(=C(/O)c2ccncc2)C1c1ccccn1. The molecular formula is C22H16ClN3O3. The third-order valence-electron chi connectivity index (χ3n) is 4.78. The Labute approximate surface area is 172 Å². The first kappa shape index (κ1) is 18.8. The van der Waals surface area contributed by atoms with Gasteiger partial charge in [-0.2, -0.15) is 0 Å². The molecule has 0 bridgehead atoms. The van der Waals surface area contributed by atoms with Gasteiger partial charge in [0.2, 0.25) is 0 Å². The molecule has 29 heavy (non-hydrogen) atoms. The molecule has 3 heterocycles. The van der Waals surface area contributed by atoms with Crippen LogP contribution in [0.3, 0.4) is 0 Å². The van der Waals surface area contributed by atoms with Crippen molar-refractivity contribution >= 4 is 34.7 Å². The normalized spacial score (nSPS) is 18.3. The number of carbonyl (C=O) groups excluding carboxylic acids is 2. The number of nitrogens with zero attached hydrogens (tertiary/aromatic N) is 3. The van der Waals surface area contributed by atoms with Gasteiger partial charge in [0.05, 0.1) is 11.3 Å². The maximum absolute atomic E-state index is 13.0. The van der Waals surface area contributed by atoms with E-state index >= 15 is 0 Å². The first-order valence-corrected chi connectivity index (χ1v) is 9.25. The highest BCUT2D eigenvalue weighted by Crippen LogP contribution is 2.42. The van der Waals surface area contributed by atoms with E-state index < -0.39 is 17.7 Å². The third-order valence-corrected chi connectivity index (χ3v) is 5.02. The summed E-state index contributed by atoms with van der Waals surface area (Å²) in [5, 5.41) is 11.4. The molecule has 0 aliphatic carbocycles. The Balaban J connectivity index is 1.97. The Morgan fingerprint density at radius 2 is 1.83 bits per heavy atom. The molecule has 1 unspecified atom stereocenters. The molecule has 1 N–H and O–H groups in total. The van der Waals surface area contributed by atoms with Crippen LogP contribution in [0.5, 0.6) is 0 Å². The van der Waals surface area contributed by atoms with E-state index in [-0.39, 0.29) is 11.3 Å². The number of aromatic nitrogens is 2. The first-order chi connectivity index (χ1) is 14.0. The molecule has 1 aromatic carbocycles. The number of Topliss-reactive ketones (excluding diaryl/α,β-unsaturated/α-hetero) is 1. The van der Waals surface area contributed by atoms with Crippen molar-refractivity contribution < 1.29 is 14.7 Å². The molecule has 4 rings (SSSR count). The van der Waals surface area contributed by atoms with Gasteiger partial charge in [0.25, 0.3) is 11.7 Å². The minimum Gasteiger partial charge on any atom is -0.507 e. The summed E-state index contributed by atoms with van der Waals surface area (Å²) in [5.74, 6) is -1.78.